The SMILES string of the molecule is C=C(C)C(=O)C(N)c1cnn(C)c1. The van der Waals surface area contributed by atoms with E-state index >= 15 is 0 Å². The van der Waals surface area contributed by atoms with Crippen molar-refractivity contribution in [3.05, 3.63) is 30.1 Å². The summed E-state index contributed by atoms with van der Waals surface area (Å²) in [5.74, 6) is -0.145. The molecule has 0 aliphatic carbocycles. The van der Waals surface area contributed by atoms with Gasteiger partial charge in [-0.15, -0.1) is 0 Å². The molecule has 0 amide bonds. The van der Waals surface area contributed by atoms with Crippen LogP contribution in [0.15, 0.2) is 24.5 Å². The topological polar surface area (TPSA) is 60.9 Å². The minimum absolute atomic E-state index is 0.145. The monoisotopic (exact) mass is 179 g/mol. The highest BCUT2D eigenvalue weighted by Crippen LogP contribution is 2.12. The molecule has 0 saturated heterocycles. The quantitative estimate of drug-likeness (QED) is 0.690. The van der Waals surface area contributed by atoms with E-state index in [1.54, 1.807) is 31.0 Å². The second-order valence-electron chi connectivity index (χ2n) is 3.07. The maximum Gasteiger partial charge on any atom is 0.179 e. The standard InChI is InChI=1S/C9H13N3O/c1-6(2)9(13)8(10)7-4-11-12(3)5-7/h4-5,8H,1,10H2,2-3H3. The molecule has 13 heavy (non-hydrogen) atoms. The third kappa shape index (κ3) is 2.03. The van der Waals surface area contributed by atoms with E-state index in [-0.39, 0.29) is 5.78 Å². The number of ketones is 1. The van der Waals surface area contributed by atoms with Crippen LogP contribution in [0.5, 0.6) is 0 Å². The minimum atomic E-state index is -0.633. The van der Waals surface area contributed by atoms with Gasteiger partial charge in [0.1, 0.15) is 0 Å². The van der Waals surface area contributed by atoms with Gasteiger partial charge in [-0.25, -0.2) is 0 Å². The third-order valence-electron chi connectivity index (χ3n) is 1.79. The van der Waals surface area contributed by atoms with Crippen molar-refractivity contribution in [2.24, 2.45) is 12.8 Å². The van der Waals surface area contributed by atoms with Crippen molar-refractivity contribution in [3.8, 4) is 0 Å². The summed E-state index contributed by atoms with van der Waals surface area (Å²) in [5.41, 5.74) is 6.88. The third-order valence-corrected chi connectivity index (χ3v) is 1.79. The lowest BCUT2D eigenvalue weighted by atomic mass is 10.0. The molecule has 0 saturated carbocycles. The van der Waals surface area contributed by atoms with E-state index in [0.717, 1.165) is 5.56 Å². The summed E-state index contributed by atoms with van der Waals surface area (Å²) < 4.78 is 1.61. The van der Waals surface area contributed by atoms with Crippen LogP contribution in [0.1, 0.15) is 18.5 Å². The highest BCUT2D eigenvalue weighted by molar-refractivity contribution is 5.98. The second-order valence-corrected chi connectivity index (χ2v) is 3.07. The first-order valence-electron chi connectivity index (χ1n) is 3.96. The molecular weight excluding hydrogens is 166 g/mol. The van der Waals surface area contributed by atoms with E-state index in [9.17, 15) is 4.79 Å². The summed E-state index contributed by atoms with van der Waals surface area (Å²) in [6.07, 6.45) is 3.32. The number of carbonyl (C=O) groups excluding carboxylic acids is 1. The zero-order valence-corrected chi connectivity index (χ0v) is 7.82. The Balaban J connectivity index is 2.85. The molecule has 4 nitrogen and oxygen atoms in total. The first kappa shape index (κ1) is 9.67. The van der Waals surface area contributed by atoms with E-state index in [4.69, 9.17) is 5.73 Å². The molecule has 0 bridgehead atoms. The van der Waals surface area contributed by atoms with Gasteiger partial charge in [-0.2, -0.15) is 5.10 Å². The second kappa shape index (κ2) is 3.53. The number of hydrogen-bond donors (Lipinski definition) is 1. The minimum Gasteiger partial charge on any atom is -0.317 e. The summed E-state index contributed by atoms with van der Waals surface area (Å²) in [6, 6.07) is -0.633. The fourth-order valence-electron chi connectivity index (χ4n) is 1.02. The molecule has 1 heterocycles. The van der Waals surface area contributed by atoms with Crippen molar-refractivity contribution < 1.29 is 4.79 Å². The van der Waals surface area contributed by atoms with Crippen molar-refractivity contribution in [3.63, 3.8) is 0 Å². The van der Waals surface area contributed by atoms with Gasteiger partial charge in [0, 0.05) is 18.8 Å². The maximum atomic E-state index is 11.4. The van der Waals surface area contributed by atoms with Crippen LogP contribution in [0.2, 0.25) is 0 Å². The lowest BCUT2D eigenvalue weighted by molar-refractivity contribution is -0.116. The molecule has 0 fully saturated rings. The van der Waals surface area contributed by atoms with Gasteiger partial charge in [0.25, 0.3) is 0 Å². The molecule has 70 valence electrons. The van der Waals surface area contributed by atoms with Crippen LogP contribution in [0, 0.1) is 0 Å². The Morgan fingerprint density at radius 2 is 2.38 bits per heavy atom. The molecule has 0 aromatic carbocycles. The van der Waals surface area contributed by atoms with Gasteiger partial charge in [0.05, 0.1) is 12.2 Å². The summed E-state index contributed by atoms with van der Waals surface area (Å²) in [6.45, 7) is 5.20. The normalized spacial score (nSPS) is 12.5. The fourth-order valence-corrected chi connectivity index (χ4v) is 1.02. The summed E-state index contributed by atoms with van der Waals surface area (Å²) in [7, 11) is 1.78. The van der Waals surface area contributed by atoms with Gasteiger partial charge in [-0.05, 0) is 12.5 Å². The van der Waals surface area contributed by atoms with Crippen LogP contribution in [0.4, 0.5) is 0 Å². The maximum absolute atomic E-state index is 11.4. The van der Waals surface area contributed by atoms with Gasteiger partial charge < -0.3 is 5.73 Å². The van der Waals surface area contributed by atoms with Crippen LogP contribution >= 0.6 is 0 Å². The zero-order valence-electron chi connectivity index (χ0n) is 7.82. The Hall–Kier alpha value is -1.42. The van der Waals surface area contributed by atoms with Crippen molar-refractivity contribution in [1.29, 1.82) is 0 Å². The van der Waals surface area contributed by atoms with Gasteiger partial charge in [0.2, 0.25) is 0 Å². The average molecular weight is 179 g/mol. The van der Waals surface area contributed by atoms with Gasteiger partial charge in [-0.3, -0.25) is 9.48 Å². The molecule has 1 aromatic heterocycles. The van der Waals surface area contributed by atoms with Crippen molar-refractivity contribution in [2.75, 3.05) is 0 Å². The molecule has 0 spiro atoms. The van der Waals surface area contributed by atoms with Gasteiger partial charge in [-0.1, -0.05) is 6.58 Å². The number of hydrogen-bond acceptors (Lipinski definition) is 3. The Kier molecular flexibility index (Phi) is 2.63. The van der Waals surface area contributed by atoms with E-state index < -0.39 is 6.04 Å². The predicted molar refractivity (Wildman–Crippen MR) is 50.0 cm³/mol. The molecule has 1 unspecified atom stereocenters. The lowest BCUT2D eigenvalue weighted by Gasteiger charge is -2.06. The summed E-state index contributed by atoms with van der Waals surface area (Å²) in [4.78, 5) is 11.4. The Labute approximate surface area is 77.0 Å². The van der Waals surface area contributed by atoms with Gasteiger partial charge in [0.15, 0.2) is 5.78 Å². The zero-order chi connectivity index (χ0) is 10.0. The Morgan fingerprint density at radius 1 is 1.77 bits per heavy atom. The molecule has 1 rings (SSSR count). The van der Waals surface area contributed by atoms with Crippen LogP contribution in [-0.2, 0) is 11.8 Å². The number of carbonyl (C=O) groups is 1. The van der Waals surface area contributed by atoms with Crippen molar-refractivity contribution in [2.45, 2.75) is 13.0 Å². The fraction of sp³-hybridized carbons (Fsp3) is 0.333. The van der Waals surface area contributed by atoms with Crippen molar-refractivity contribution in [1.82, 2.24) is 9.78 Å². The van der Waals surface area contributed by atoms with Crippen LogP contribution in [-0.4, -0.2) is 15.6 Å². The average Bonchev–Trinajstić information content (AvgIpc) is 2.49. The van der Waals surface area contributed by atoms with Crippen molar-refractivity contribution >= 4 is 5.78 Å². The Morgan fingerprint density at radius 3 is 2.77 bits per heavy atom. The lowest BCUT2D eigenvalue weighted by Crippen LogP contribution is -2.21. The van der Waals surface area contributed by atoms with Crippen LogP contribution < -0.4 is 5.73 Å². The molecule has 1 atom stereocenters. The number of aryl methyl sites for hydroxylation is 1. The number of nitrogens with zero attached hydrogens (tertiary/aromatic N) is 2. The molecule has 0 radical (unpaired) electrons. The molecule has 4 heteroatoms. The van der Waals surface area contributed by atoms with E-state index in [1.807, 2.05) is 0 Å². The molecule has 0 aliphatic rings. The van der Waals surface area contributed by atoms with E-state index in [0.29, 0.717) is 5.57 Å². The first-order chi connectivity index (χ1) is 6.02. The number of rotatable bonds is 3. The first-order valence-corrected chi connectivity index (χ1v) is 3.96. The van der Waals surface area contributed by atoms with Gasteiger partial charge >= 0.3 is 0 Å². The Bertz CT molecular complexity index is 340. The van der Waals surface area contributed by atoms with Crippen LogP contribution in [0.3, 0.4) is 0 Å². The molecule has 2 N–H and O–H groups in total. The van der Waals surface area contributed by atoms with E-state index in [2.05, 4.69) is 11.7 Å². The summed E-state index contributed by atoms with van der Waals surface area (Å²) >= 11 is 0. The number of Topliss-reactive ketones (excluding diaryl/α,β-unsaturated/α-hetero) is 1. The highest BCUT2D eigenvalue weighted by Gasteiger charge is 2.17. The molecule has 1 aromatic rings. The smallest absolute Gasteiger partial charge is 0.179 e. The largest absolute Gasteiger partial charge is 0.317 e. The summed E-state index contributed by atoms with van der Waals surface area (Å²) in [5, 5.41) is 3.93. The predicted octanol–water partition coefficient (Wildman–Crippen LogP) is 0.565. The number of nitrogens with two attached hydrogens (primary N) is 1. The molecular formula is C9H13N3O. The molecule has 0 aliphatic heterocycles. The van der Waals surface area contributed by atoms with Crippen LogP contribution in [0.25, 0.3) is 0 Å². The van der Waals surface area contributed by atoms with E-state index in [1.165, 1.54) is 0 Å². The number of aromatic nitrogens is 2. The highest BCUT2D eigenvalue weighted by atomic mass is 16.1.